The third-order valence-corrected chi connectivity index (χ3v) is 6.50. The normalized spacial score (nSPS) is 18.1. The van der Waals surface area contributed by atoms with Crippen molar-refractivity contribution in [1.29, 1.82) is 0 Å². The highest BCUT2D eigenvalue weighted by molar-refractivity contribution is 7.89. The number of imide groups is 1. The predicted molar refractivity (Wildman–Crippen MR) is 113 cm³/mol. The first kappa shape index (κ1) is 22.3. The SMILES string of the molecule is CC[C@@H](NS(=O)(=O)CCC=CCN1CC(=O)NC1=O)c1cccc(OCC2CC2)c1. The maximum absolute atomic E-state index is 12.5. The number of nitrogens with zero attached hydrogens (tertiary/aromatic N) is 1. The number of sulfonamides is 1. The minimum absolute atomic E-state index is 0.0324. The van der Waals surface area contributed by atoms with E-state index in [4.69, 9.17) is 4.74 Å². The molecule has 2 fully saturated rings. The maximum Gasteiger partial charge on any atom is 0.324 e. The number of carbonyl (C=O) groups excluding carboxylic acids is 2. The Kier molecular flexibility index (Phi) is 7.49. The summed E-state index contributed by atoms with van der Waals surface area (Å²) in [6, 6.07) is 6.85. The molecule has 30 heavy (non-hydrogen) atoms. The van der Waals surface area contributed by atoms with Crippen LogP contribution in [0.4, 0.5) is 4.79 Å². The monoisotopic (exact) mass is 435 g/mol. The zero-order valence-corrected chi connectivity index (χ0v) is 18.0. The minimum atomic E-state index is -3.48. The smallest absolute Gasteiger partial charge is 0.324 e. The fourth-order valence-electron chi connectivity index (χ4n) is 3.16. The zero-order valence-electron chi connectivity index (χ0n) is 17.2. The van der Waals surface area contributed by atoms with Crippen molar-refractivity contribution in [2.45, 2.75) is 38.6 Å². The van der Waals surface area contributed by atoms with Crippen LogP contribution in [-0.4, -0.2) is 50.7 Å². The molecule has 9 heteroatoms. The van der Waals surface area contributed by atoms with E-state index < -0.39 is 16.1 Å². The second kappa shape index (κ2) is 10.1. The number of allylic oxidation sites excluding steroid dienone is 1. The standard InChI is InChI=1S/C21H29N3O5S/c1-2-19(17-7-6-8-18(13-17)29-15-16-9-10-16)23-30(27,28)12-5-3-4-11-24-14-20(25)22-21(24)26/h3-4,6-8,13,16,19,23H,2,5,9-12,14-15H2,1H3,(H,22,25,26)/t19-/m1/s1. The van der Waals surface area contributed by atoms with E-state index in [1.54, 1.807) is 12.2 Å². The third kappa shape index (κ3) is 6.84. The lowest BCUT2D eigenvalue weighted by Gasteiger charge is -2.18. The van der Waals surface area contributed by atoms with Gasteiger partial charge in [-0.3, -0.25) is 10.1 Å². The van der Waals surface area contributed by atoms with E-state index in [9.17, 15) is 18.0 Å². The van der Waals surface area contributed by atoms with Crippen LogP contribution in [0.5, 0.6) is 5.75 Å². The van der Waals surface area contributed by atoms with Gasteiger partial charge in [0.05, 0.1) is 12.4 Å². The van der Waals surface area contributed by atoms with E-state index in [1.165, 1.54) is 17.7 Å². The summed E-state index contributed by atoms with van der Waals surface area (Å²) in [5.41, 5.74) is 0.884. The van der Waals surface area contributed by atoms with Crippen molar-refractivity contribution in [2.75, 3.05) is 25.4 Å². The average molecular weight is 436 g/mol. The van der Waals surface area contributed by atoms with Crippen LogP contribution in [0, 0.1) is 5.92 Å². The molecule has 1 saturated heterocycles. The van der Waals surface area contributed by atoms with E-state index in [0.29, 0.717) is 25.4 Å². The molecule has 1 aromatic carbocycles. The minimum Gasteiger partial charge on any atom is -0.493 e. The van der Waals surface area contributed by atoms with Crippen molar-refractivity contribution in [3.8, 4) is 5.75 Å². The topological polar surface area (TPSA) is 105 Å². The van der Waals surface area contributed by atoms with Crippen molar-refractivity contribution >= 4 is 22.0 Å². The van der Waals surface area contributed by atoms with Crippen molar-refractivity contribution in [1.82, 2.24) is 14.9 Å². The number of nitrogens with one attached hydrogen (secondary N) is 2. The Morgan fingerprint density at radius 3 is 2.77 bits per heavy atom. The lowest BCUT2D eigenvalue weighted by atomic mass is 10.1. The molecular formula is C21H29N3O5S. The van der Waals surface area contributed by atoms with E-state index in [2.05, 4.69) is 10.0 Å². The molecule has 1 atom stereocenters. The number of benzene rings is 1. The van der Waals surface area contributed by atoms with Crippen LogP contribution in [0.1, 0.15) is 44.2 Å². The second-order valence-electron chi connectivity index (χ2n) is 7.72. The van der Waals surface area contributed by atoms with Gasteiger partial charge in [-0.15, -0.1) is 0 Å². The summed E-state index contributed by atoms with van der Waals surface area (Å²) in [6.45, 7) is 2.96. The van der Waals surface area contributed by atoms with E-state index in [1.807, 2.05) is 31.2 Å². The fraction of sp³-hybridized carbons (Fsp3) is 0.524. The lowest BCUT2D eigenvalue weighted by molar-refractivity contribution is -0.118. The number of rotatable bonds is 12. The van der Waals surface area contributed by atoms with Crippen molar-refractivity contribution < 1.29 is 22.7 Å². The number of ether oxygens (including phenoxy) is 1. The summed E-state index contributed by atoms with van der Waals surface area (Å²) in [7, 11) is -3.48. The van der Waals surface area contributed by atoms with Gasteiger partial charge in [-0.25, -0.2) is 17.9 Å². The third-order valence-electron chi connectivity index (χ3n) is 5.09. The highest BCUT2D eigenvalue weighted by Gasteiger charge is 2.25. The van der Waals surface area contributed by atoms with E-state index >= 15 is 0 Å². The van der Waals surface area contributed by atoms with E-state index in [-0.39, 0.29) is 30.8 Å². The van der Waals surface area contributed by atoms with Crippen LogP contribution in [0.3, 0.4) is 0 Å². The van der Waals surface area contributed by atoms with Crippen molar-refractivity contribution in [3.63, 3.8) is 0 Å². The Morgan fingerprint density at radius 1 is 1.30 bits per heavy atom. The highest BCUT2D eigenvalue weighted by atomic mass is 32.2. The summed E-state index contributed by atoms with van der Waals surface area (Å²) in [6.07, 6.45) is 6.79. The number of urea groups is 1. The summed E-state index contributed by atoms with van der Waals surface area (Å²) < 4.78 is 33.6. The van der Waals surface area contributed by atoms with Gasteiger partial charge in [-0.2, -0.15) is 0 Å². The molecule has 0 unspecified atom stereocenters. The van der Waals surface area contributed by atoms with Crippen molar-refractivity contribution in [2.24, 2.45) is 5.92 Å². The van der Waals surface area contributed by atoms with Gasteiger partial charge >= 0.3 is 6.03 Å². The largest absolute Gasteiger partial charge is 0.493 e. The molecule has 3 amide bonds. The molecular weight excluding hydrogens is 406 g/mol. The van der Waals surface area contributed by atoms with Gasteiger partial charge in [0.15, 0.2) is 0 Å². The fourth-order valence-corrected chi connectivity index (χ4v) is 4.46. The Morgan fingerprint density at radius 2 is 2.10 bits per heavy atom. The molecule has 0 spiro atoms. The zero-order chi connectivity index (χ0) is 21.6. The van der Waals surface area contributed by atoms with Crippen molar-refractivity contribution in [3.05, 3.63) is 42.0 Å². The molecule has 0 bridgehead atoms. The van der Waals surface area contributed by atoms with Gasteiger partial charge in [0, 0.05) is 12.6 Å². The van der Waals surface area contributed by atoms with Crippen LogP contribution in [0.25, 0.3) is 0 Å². The van der Waals surface area contributed by atoms with E-state index in [0.717, 1.165) is 11.3 Å². The van der Waals surface area contributed by atoms with Crippen LogP contribution < -0.4 is 14.8 Å². The van der Waals surface area contributed by atoms with Gasteiger partial charge in [0.1, 0.15) is 12.3 Å². The van der Waals surface area contributed by atoms with Gasteiger partial charge in [0.2, 0.25) is 15.9 Å². The number of carbonyl (C=O) groups is 2. The molecule has 0 aromatic heterocycles. The summed E-state index contributed by atoms with van der Waals surface area (Å²) in [5.74, 6) is 1.04. The van der Waals surface area contributed by atoms with Gasteiger partial charge in [-0.05, 0) is 49.3 Å². The number of amides is 3. The lowest BCUT2D eigenvalue weighted by Crippen LogP contribution is -2.30. The first-order chi connectivity index (χ1) is 14.4. The summed E-state index contributed by atoms with van der Waals surface area (Å²) >= 11 is 0. The first-order valence-electron chi connectivity index (χ1n) is 10.3. The van der Waals surface area contributed by atoms with Crippen LogP contribution in [-0.2, 0) is 14.8 Å². The Balaban J connectivity index is 1.47. The van der Waals surface area contributed by atoms with Gasteiger partial charge < -0.3 is 9.64 Å². The van der Waals surface area contributed by atoms with Gasteiger partial charge in [-0.1, -0.05) is 31.2 Å². The average Bonchev–Trinajstić information content (AvgIpc) is 3.48. The number of hydrogen-bond acceptors (Lipinski definition) is 5. The quantitative estimate of drug-likeness (QED) is 0.387. The molecule has 1 heterocycles. The molecule has 2 aliphatic rings. The van der Waals surface area contributed by atoms with Gasteiger partial charge in [0.25, 0.3) is 0 Å². The summed E-state index contributed by atoms with van der Waals surface area (Å²) in [5, 5.41) is 2.20. The molecule has 2 N–H and O–H groups in total. The Bertz CT molecular complexity index is 896. The summed E-state index contributed by atoms with van der Waals surface area (Å²) in [4.78, 5) is 23.9. The van der Waals surface area contributed by atoms with Crippen LogP contribution in [0.15, 0.2) is 36.4 Å². The molecule has 1 aliphatic carbocycles. The van der Waals surface area contributed by atoms with Crippen LogP contribution in [0.2, 0.25) is 0 Å². The maximum atomic E-state index is 12.5. The Labute approximate surface area is 177 Å². The predicted octanol–water partition coefficient (Wildman–Crippen LogP) is 2.34. The molecule has 0 radical (unpaired) electrons. The number of hydrogen-bond donors (Lipinski definition) is 2. The Hall–Kier alpha value is -2.39. The first-order valence-corrected chi connectivity index (χ1v) is 12.0. The molecule has 1 saturated carbocycles. The molecule has 1 aromatic rings. The molecule has 164 valence electrons. The van der Waals surface area contributed by atoms with Crippen LogP contribution >= 0.6 is 0 Å². The molecule has 8 nitrogen and oxygen atoms in total. The highest BCUT2D eigenvalue weighted by Crippen LogP contribution is 2.30. The molecule has 3 rings (SSSR count). The molecule has 1 aliphatic heterocycles. The second-order valence-corrected chi connectivity index (χ2v) is 9.59.